The highest BCUT2D eigenvalue weighted by Gasteiger charge is 2.09. The van der Waals surface area contributed by atoms with Gasteiger partial charge in [0.15, 0.2) is 0 Å². The second-order valence-electron chi connectivity index (χ2n) is 7.23. The zero-order valence-electron chi connectivity index (χ0n) is 16.6. The highest BCUT2D eigenvalue weighted by atomic mass is 16.1. The fourth-order valence-corrected chi connectivity index (χ4v) is 3.47. The molecule has 0 saturated heterocycles. The Morgan fingerprint density at radius 1 is 1.00 bits per heavy atom. The number of carbonyl (C=O) groups excluding carboxylic acids is 1. The Bertz CT molecular complexity index is 662. The van der Waals surface area contributed by atoms with E-state index in [1.165, 1.54) is 49.9 Å². The smallest absolute Gasteiger partial charge is 0.216 e. The standard InChI is InChI=1S/C22H35N3O/c1-3-4-5-6-7-13-18-25-21-15-11-10-14-20(21)24-22(25)16-9-8-12-17-23-19(2)26/h10-11,14-15H,3-9,12-13,16-18H2,1-2H3,(H,23,26). The summed E-state index contributed by atoms with van der Waals surface area (Å²) in [6.45, 7) is 5.70. The van der Waals surface area contributed by atoms with Crippen LogP contribution < -0.4 is 5.32 Å². The van der Waals surface area contributed by atoms with Gasteiger partial charge in [-0.15, -0.1) is 0 Å². The van der Waals surface area contributed by atoms with E-state index in [4.69, 9.17) is 4.98 Å². The Hall–Kier alpha value is -1.84. The van der Waals surface area contributed by atoms with E-state index in [9.17, 15) is 4.79 Å². The number of hydrogen-bond acceptors (Lipinski definition) is 2. The molecule has 1 aromatic heterocycles. The van der Waals surface area contributed by atoms with Crippen LogP contribution in [0.15, 0.2) is 24.3 Å². The highest BCUT2D eigenvalue weighted by Crippen LogP contribution is 2.19. The number of hydrogen-bond donors (Lipinski definition) is 1. The first kappa shape index (κ1) is 20.5. The number of benzene rings is 1. The minimum atomic E-state index is 0.0609. The second-order valence-corrected chi connectivity index (χ2v) is 7.23. The number of amides is 1. The van der Waals surface area contributed by atoms with Crippen molar-refractivity contribution in [3.05, 3.63) is 30.1 Å². The summed E-state index contributed by atoms with van der Waals surface area (Å²) in [6, 6.07) is 8.49. The SMILES string of the molecule is CCCCCCCCn1c(CCCCCNC(C)=O)nc2ccccc21. The second kappa shape index (κ2) is 11.7. The molecule has 1 aromatic carbocycles. The van der Waals surface area contributed by atoms with Crippen LogP contribution in [0.1, 0.15) is 77.5 Å². The molecule has 0 spiro atoms. The average Bonchev–Trinajstić information content (AvgIpc) is 2.98. The van der Waals surface area contributed by atoms with Gasteiger partial charge < -0.3 is 9.88 Å². The number of rotatable bonds is 13. The topological polar surface area (TPSA) is 46.9 Å². The van der Waals surface area contributed by atoms with Crippen LogP contribution in [-0.2, 0) is 17.8 Å². The lowest BCUT2D eigenvalue weighted by Gasteiger charge is -2.09. The molecule has 0 saturated carbocycles. The fourth-order valence-electron chi connectivity index (χ4n) is 3.47. The number of unbranched alkanes of at least 4 members (excludes halogenated alkanes) is 7. The fraction of sp³-hybridized carbons (Fsp3) is 0.636. The molecule has 1 N–H and O–H groups in total. The van der Waals surface area contributed by atoms with Crippen LogP contribution in [0.5, 0.6) is 0 Å². The van der Waals surface area contributed by atoms with Gasteiger partial charge in [-0.3, -0.25) is 4.79 Å². The third-order valence-electron chi connectivity index (χ3n) is 4.92. The summed E-state index contributed by atoms with van der Waals surface area (Å²) < 4.78 is 2.43. The van der Waals surface area contributed by atoms with E-state index in [2.05, 4.69) is 41.1 Å². The Labute approximate surface area is 158 Å². The first-order chi connectivity index (χ1) is 12.7. The van der Waals surface area contributed by atoms with Crippen LogP contribution in [0, 0.1) is 0 Å². The van der Waals surface area contributed by atoms with Crippen LogP contribution in [0.2, 0.25) is 0 Å². The van der Waals surface area contributed by atoms with Crippen molar-refractivity contribution in [1.82, 2.24) is 14.9 Å². The monoisotopic (exact) mass is 357 g/mol. The molecule has 144 valence electrons. The molecular formula is C22H35N3O. The van der Waals surface area contributed by atoms with E-state index >= 15 is 0 Å². The molecule has 2 rings (SSSR count). The number of nitrogens with zero attached hydrogens (tertiary/aromatic N) is 2. The molecule has 1 amide bonds. The number of aromatic nitrogens is 2. The van der Waals surface area contributed by atoms with E-state index in [0.717, 1.165) is 44.3 Å². The van der Waals surface area contributed by atoms with Gasteiger partial charge in [-0.1, -0.05) is 57.6 Å². The summed E-state index contributed by atoms with van der Waals surface area (Å²) in [7, 11) is 0. The van der Waals surface area contributed by atoms with Gasteiger partial charge in [0, 0.05) is 26.4 Å². The lowest BCUT2D eigenvalue weighted by atomic mass is 10.1. The summed E-state index contributed by atoms with van der Waals surface area (Å²) in [5, 5.41) is 2.87. The van der Waals surface area contributed by atoms with Crippen molar-refractivity contribution in [2.24, 2.45) is 0 Å². The molecule has 0 fully saturated rings. The van der Waals surface area contributed by atoms with Gasteiger partial charge in [-0.25, -0.2) is 4.98 Å². The zero-order valence-corrected chi connectivity index (χ0v) is 16.6. The normalized spacial score (nSPS) is 11.2. The summed E-state index contributed by atoms with van der Waals surface area (Å²) >= 11 is 0. The molecule has 0 aliphatic carbocycles. The third-order valence-corrected chi connectivity index (χ3v) is 4.92. The van der Waals surface area contributed by atoms with Gasteiger partial charge in [0.2, 0.25) is 5.91 Å². The van der Waals surface area contributed by atoms with E-state index in [-0.39, 0.29) is 5.91 Å². The molecule has 0 unspecified atom stereocenters. The van der Waals surface area contributed by atoms with Gasteiger partial charge in [-0.05, 0) is 31.4 Å². The summed E-state index contributed by atoms with van der Waals surface area (Å²) in [5.41, 5.74) is 2.39. The minimum Gasteiger partial charge on any atom is -0.356 e. The number of para-hydroxylation sites is 2. The van der Waals surface area contributed by atoms with Gasteiger partial charge in [-0.2, -0.15) is 0 Å². The molecule has 26 heavy (non-hydrogen) atoms. The number of nitrogens with one attached hydrogen (secondary N) is 1. The van der Waals surface area contributed by atoms with E-state index in [1.807, 2.05) is 0 Å². The van der Waals surface area contributed by atoms with Crippen LogP contribution in [0.3, 0.4) is 0 Å². The lowest BCUT2D eigenvalue weighted by Crippen LogP contribution is -2.20. The molecule has 4 heteroatoms. The Morgan fingerprint density at radius 3 is 2.54 bits per heavy atom. The van der Waals surface area contributed by atoms with Crippen LogP contribution >= 0.6 is 0 Å². The van der Waals surface area contributed by atoms with Crippen molar-refractivity contribution in [1.29, 1.82) is 0 Å². The largest absolute Gasteiger partial charge is 0.356 e. The van der Waals surface area contributed by atoms with Crippen LogP contribution in [0.4, 0.5) is 0 Å². The maximum Gasteiger partial charge on any atom is 0.216 e. The molecule has 4 nitrogen and oxygen atoms in total. The Morgan fingerprint density at radius 2 is 1.73 bits per heavy atom. The summed E-state index contributed by atoms with van der Waals surface area (Å²) in [4.78, 5) is 15.8. The van der Waals surface area contributed by atoms with Crippen molar-refractivity contribution in [2.45, 2.75) is 84.6 Å². The summed E-state index contributed by atoms with van der Waals surface area (Å²) in [5.74, 6) is 1.28. The van der Waals surface area contributed by atoms with Gasteiger partial charge in [0.25, 0.3) is 0 Å². The quantitative estimate of drug-likeness (QED) is 0.498. The molecule has 1 heterocycles. The molecule has 0 aliphatic rings. The van der Waals surface area contributed by atoms with E-state index < -0.39 is 0 Å². The van der Waals surface area contributed by atoms with Crippen LogP contribution in [-0.4, -0.2) is 22.0 Å². The van der Waals surface area contributed by atoms with Gasteiger partial charge in [0.1, 0.15) is 5.82 Å². The predicted octanol–water partition coefficient (Wildman–Crippen LogP) is 5.25. The first-order valence-corrected chi connectivity index (χ1v) is 10.4. The lowest BCUT2D eigenvalue weighted by molar-refractivity contribution is -0.118. The van der Waals surface area contributed by atoms with Crippen molar-refractivity contribution < 1.29 is 4.79 Å². The maximum atomic E-state index is 10.9. The van der Waals surface area contributed by atoms with E-state index in [1.54, 1.807) is 6.92 Å². The van der Waals surface area contributed by atoms with Crippen molar-refractivity contribution >= 4 is 16.9 Å². The van der Waals surface area contributed by atoms with Crippen LogP contribution in [0.25, 0.3) is 11.0 Å². The molecule has 2 aromatic rings. The Balaban J connectivity index is 1.85. The maximum absolute atomic E-state index is 10.9. The molecular weight excluding hydrogens is 322 g/mol. The zero-order chi connectivity index (χ0) is 18.6. The van der Waals surface area contributed by atoms with Crippen molar-refractivity contribution in [2.75, 3.05) is 6.54 Å². The Kier molecular flexibility index (Phi) is 9.22. The number of imidazole rings is 1. The van der Waals surface area contributed by atoms with Crippen molar-refractivity contribution in [3.63, 3.8) is 0 Å². The average molecular weight is 358 g/mol. The molecule has 0 aliphatic heterocycles. The third kappa shape index (κ3) is 6.81. The van der Waals surface area contributed by atoms with E-state index in [0.29, 0.717) is 0 Å². The first-order valence-electron chi connectivity index (χ1n) is 10.4. The minimum absolute atomic E-state index is 0.0609. The summed E-state index contributed by atoms with van der Waals surface area (Å²) in [6.07, 6.45) is 12.2. The molecule has 0 radical (unpaired) electrons. The molecule has 0 bridgehead atoms. The predicted molar refractivity (Wildman–Crippen MR) is 109 cm³/mol. The molecule has 0 atom stereocenters. The van der Waals surface area contributed by atoms with Crippen molar-refractivity contribution in [3.8, 4) is 0 Å². The van der Waals surface area contributed by atoms with Gasteiger partial charge in [0.05, 0.1) is 11.0 Å². The number of fused-ring (bicyclic) bond motifs is 1. The highest BCUT2D eigenvalue weighted by molar-refractivity contribution is 5.75. The van der Waals surface area contributed by atoms with Gasteiger partial charge >= 0.3 is 0 Å². The number of carbonyl (C=O) groups is 1. The number of aryl methyl sites for hydroxylation is 2.